The molecule has 2 aromatic heterocycles. The van der Waals surface area contributed by atoms with Gasteiger partial charge in [0.25, 0.3) is 15.9 Å². The topological polar surface area (TPSA) is 92.6 Å². The molecule has 0 saturated carbocycles. The maximum absolute atomic E-state index is 13.4. The molecule has 0 unspecified atom stereocenters. The lowest BCUT2D eigenvalue weighted by Crippen LogP contribution is -2.50. The summed E-state index contributed by atoms with van der Waals surface area (Å²) in [5.74, 6) is -0.152. The normalized spacial score (nSPS) is 14.8. The standard InChI is InChI=1S/C26H23ClN4O4S/c1-18-14-21(8-9-28-18)19-2-4-20(5-3-19)26(33)29-10-12-30(13-11-29)36(34,35)25-16-22-15-23(27)6-7-24(22)31(25)17-32/h2-9,14-17H,10-13H2,1H3. The molecule has 2 aromatic carbocycles. The molecule has 1 saturated heterocycles. The van der Waals surface area contributed by atoms with Crippen LogP contribution in [0.4, 0.5) is 0 Å². The van der Waals surface area contributed by atoms with Crippen LogP contribution in [0.5, 0.6) is 0 Å². The highest BCUT2D eigenvalue weighted by molar-refractivity contribution is 7.89. The van der Waals surface area contributed by atoms with Gasteiger partial charge in [-0.3, -0.25) is 19.1 Å². The summed E-state index contributed by atoms with van der Waals surface area (Å²) < 4.78 is 29.2. The van der Waals surface area contributed by atoms with Crippen LogP contribution in [0.1, 0.15) is 16.1 Å². The van der Waals surface area contributed by atoms with Crippen molar-refractivity contribution in [2.45, 2.75) is 11.9 Å². The fourth-order valence-corrected chi connectivity index (χ4v) is 6.22. The minimum atomic E-state index is -3.95. The maximum atomic E-state index is 13.4. The number of carbonyl (C=O) groups excluding carboxylic acids is 2. The third kappa shape index (κ3) is 4.41. The van der Waals surface area contributed by atoms with Gasteiger partial charge in [0.15, 0.2) is 5.03 Å². The number of nitrogens with zero attached hydrogens (tertiary/aromatic N) is 4. The molecule has 0 spiro atoms. The fourth-order valence-electron chi connectivity index (χ4n) is 4.47. The second kappa shape index (κ2) is 9.50. The molecule has 0 N–H and O–H groups in total. The molecular weight excluding hydrogens is 500 g/mol. The van der Waals surface area contributed by atoms with Crippen LogP contribution in [0.2, 0.25) is 5.02 Å². The van der Waals surface area contributed by atoms with E-state index in [0.717, 1.165) is 21.4 Å². The van der Waals surface area contributed by atoms with Crippen LogP contribution < -0.4 is 0 Å². The van der Waals surface area contributed by atoms with Crippen molar-refractivity contribution in [3.8, 4) is 11.1 Å². The fraction of sp³-hybridized carbons (Fsp3) is 0.192. The first-order valence-electron chi connectivity index (χ1n) is 11.4. The number of benzene rings is 2. The summed E-state index contributed by atoms with van der Waals surface area (Å²) >= 11 is 6.03. The molecule has 36 heavy (non-hydrogen) atoms. The number of hydrogen-bond donors (Lipinski definition) is 0. The Hall–Kier alpha value is -3.53. The number of fused-ring (bicyclic) bond motifs is 1. The summed E-state index contributed by atoms with van der Waals surface area (Å²) in [6.07, 6.45) is 2.24. The first-order valence-corrected chi connectivity index (χ1v) is 13.2. The number of aromatic nitrogens is 2. The van der Waals surface area contributed by atoms with E-state index in [1.165, 1.54) is 10.4 Å². The van der Waals surface area contributed by atoms with E-state index >= 15 is 0 Å². The smallest absolute Gasteiger partial charge is 0.259 e. The average molecular weight is 523 g/mol. The highest BCUT2D eigenvalue weighted by Gasteiger charge is 2.33. The minimum absolute atomic E-state index is 0.114. The Morgan fingerprint density at radius 1 is 0.944 bits per heavy atom. The summed E-state index contributed by atoms with van der Waals surface area (Å²) in [5.41, 5.74) is 3.93. The van der Waals surface area contributed by atoms with E-state index in [9.17, 15) is 18.0 Å². The molecule has 184 valence electrons. The predicted molar refractivity (Wildman–Crippen MR) is 138 cm³/mol. The Kier molecular flexibility index (Phi) is 6.38. The van der Waals surface area contributed by atoms with Crippen molar-refractivity contribution >= 4 is 44.8 Å². The highest BCUT2D eigenvalue weighted by Crippen LogP contribution is 2.28. The second-order valence-electron chi connectivity index (χ2n) is 8.62. The summed E-state index contributed by atoms with van der Waals surface area (Å²) in [7, 11) is -3.95. The van der Waals surface area contributed by atoms with Crippen molar-refractivity contribution in [1.82, 2.24) is 18.8 Å². The van der Waals surface area contributed by atoms with Gasteiger partial charge in [0, 0.05) is 54.0 Å². The summed E-state index contributed by atoms with van der Waals surface area (Å²) in [6, 6.07) is 17.5. The SMILES string of the molecule is Cc1cc(-c2ccc(C(=O)N3CCN(S(=O)(=O)c4cc5cc(Cl)ccc5n4C=O)CC3)cc2)ccn1. The van der Waals surface area contributed by atoms with E-state index < -0.39 is 10.0 Å². The van der Waals surface area contributed by atoms with Gasteiger partial charge < -0.3 is 4.90 Å². The number of piperazine rings is 1. The summed E-state index contributed by atoms with van der Waals surface area (Å²) in [4.78, 5) is 30.7. The Morgan fingerprint density at radius 2 is 1.67 bits per heavy atom. The first-order chi connectivity index (χ1) is 17.3. The molecule has 0 atom stereocenters. The van der Waals surface area contributed by atoms with E-state index in [1.54, 1.807) is 41.4 Å². The van der Waals surface area contributed by atoms with Crippen molar-refractivity contribution in [3.63, 3.8) is 0 Å². The van der Waals surface area contributed by atoms with Crippen LogP contribution >= 0.6 is 11.6 Å². The molecule has 3 heterocycles. The zero-order chi connectivity index (χ0) is 25.4. The number of pyridine rings is 1. The molecule has 10 heteroatoms. The first kappa shape index (κ1) is 24.2. The van der Waals surface area contributed by atoms with Gasteiger partial charge in [-0.25, -0.2) is 8.42 Å². The van der Waals surface area contributed by atoms with Crippen LogP contribution in [-0.2, 0) is 14.8 Å². The Bertz CT molecular complexity index is 1570. The van der Waals surface area contributed by atoms with Crippen molar-refractivity contribution in [2.75, 3.05) is 26.2 Å². The lowest BCUT2D eigenvalue weighted by atomic mass is 10.0. The largest absolute Gasteiger partial charge is 0.336 e. The molecule has 1 aliphatic rings. The van der Waals surface area contributed by atoms with Gasteiger partial charge in [0.2, 0.25) is 6.41 Å². The van der Waals surface area contributed by atoms with E-state index in [0.29, 0.717) is 27.9 Å². The van der Waals surface area contributed by atoms with E-state index in [2.05, 4.69) is 4.98 Å². The molecule has 1 fully saturated rings. The number of aryl methyl sites for hydroxylation is 1. The molecule has 0 bridgehead atoms. The van der Waals surface area contributed by atoms with E-state index in [4.69, 9.17) is 11.6 Å². The quantitative estimate of drug-likeness (QED) is 0.371. The number of amides is 1. The van der Waals surface area contributed by atoms with E-state index in [-0.39, 0.29) is 37.1 Å². The van der Waals surface area contributed by atoms with Gasteiger partial charge in [-0.05, 0) is 66.6 Å². The third-order valence-corrected chi connectivity index (χ3v) is 8.49. The van der Waals surface area contributed by atoms with Gasteiger partial charge >= 0.3 is 0 Å². The Balaban J connectivity index is 1.30. The van der Waals surface area contributed by atoms with Crippen molar-refractivity contribution in [1.29, 1.82) is 0 Å². The van der Waals surface area contributed by atoms with Gasteiger partial charge in [0.1, 0.15) is 0 Å². The lowest BCUT2D eigenvalue weighted by Gasteiger charge is -2.34. The number of sulfonamides is 1. The number of hydrogen-bond acceptors (Lipinski definition) is 5. The Labute approximate surface area is 213 Å². The van der Waals surface area contributed by atoms with Crippen LogP contribution in [0, 0.1) is 6.92 Å². The summed E-state index contributed by atoms with van der Waals surface area (Å²) in [6.45, 7) is 2.68. The predicted octanol–water partition coefficient (Wildman–Crippen LogP) is 3.85. The van der Waals surface area contributed by atoms with E-state index in [1.807, 2.05) is 31.2 Å². The van der Waals surface area contributed by atoms with Gasteiger partial charge in [-0.15, -0.1) is 0 Å². The van der Waals surface area contributed by atoms with Crippen LogP contribution in [0.15, 0.2) is 71.9 Å². The highest BCUT2D eigenvalue weighted by atomic mass is 35.5. The van der Waals surface area contributed by atoms with Crippen LogP contribution in [0.25, 0.3) is 22.0 Å². The lowest BCUT2D eigenvalue weighted by molar-refractivity contribution is 0.0698. The van der Waals surface area contributed by atoms with Crippen molar-refractivity contribution in [2.24, 2.45) is 0 Å². The molecule has 1 amide bonds. The maximum Gasteiger partial charge on any atom is 0.259 e. The van der Waals surface area contributed by atoms with Crippen LogP contribution in [0.3, 0.4) is 0 Å². The van der Waals surface area contributed by atoms with Gasteiger partial charge in [-0.1, -0.05) is 23.7 Å². The number of halogens is 1. The zero-order valence-corrected chi connectivity index (χ0v) is 21.0. The second-order valence-corrected chi connectivity index (χ2v) is 10.9. The number of carbonyl (C=O) groups is 2. The molecule has 0 aliphatic carbocycles. The number of rotatable bonds is 5. The van der Waals surface area contributed by atoms with Gasteiger partial charge in [0.05, 0.1) is 5.52 Å². The molecule has 0 radical (unpaired) electrons. The summed E-state index contributed by atoms with van der Waals surface area (Å²) in [5, 5.41) is 0.898. The monoisotopic (exact) mass is 522 g/mol. The Morgan fingerprint density at radius 3 is 2.33 bits per heavy atom. The molecule has 5 rings (SSSR count). The molecular formula is C26H23ClN4O4S. The van der Waals surface area contributed by atoms with Crippen LogP contribution in [-0.4, -0.2) is 65.7 Å². The van der Waals surface area contributed by atoms with Crippen molar-refractivity contribution < 1.29 is 18.0 Å². The molecule has 1 aliphatic heterocycles. The minimum Gasteiger partial charge on any atom is -0.336 e. The van der Waals surface area contributed by atoms with Crippen molar-refractivity contribution in [3.05, 3.63) is 83.1 Å². The molecule has 4 aromatic rings. The zero-order valence-electron chi connectivity index (χ0n) is 19.5. The molecule has 8 nitrogen and oxygen atoms in total. The van der Waals surface area contributed by atoms with Gasteiger partial charge in [-0.2, -0.15) is 4.31 Å². The third-order valence-electron chi connectivity index (χ3n) is 6.36. The average Bonchev–Trinajstić information content (AvgIpc) is 3.27.